The normalized spacial score (nSPS) is 11.4. The van der Waals surface area contributed by atoms with Crippen LogP contribution in [0.2, 0.25) is 0 Å². The molecule has 204 valence electrons. The lowest BCUT2D eigenvalue weighted by Gasteiger charge is -2.13. The predicted octanol–water partition coefficient (Wildman–Crippen LogP) is 5.53. The van der Waals surface area contributed by atoms with E-state index in [1.165, 1.54) is 12.1 Å². The Balaban J connectivity index is 1.31. The number of nitrogens with zero attached hydrogens (tertiary/aromatic N) is 2. The third-order valence-electron chi connectivity index (χ3n) is 6.15. The van der Waals surface area contributed by atoms with E-state index in [0.717, 1.165) is 16.7 Å². The van der Waals surface area contributed by atoms with Gasteiger partial charge < -0.3 is 14.6 Å². The molecule has 0 aliphatic heterocycles. The van der Waals surface area contributed by atoms with Crippen molar-refractivity contribution in [3.8, 4) is 5.75 Å². The Kier molecular flexibility index (Phi) is 8.35. The summed E-state index contributed by atoms with van der Waals surface area (Å²) >= 11 is 0. The van der Waals surface area contributed by atoms with Crippen molar-refractivity contribution in [3.63, 3.8) is 0 Å². The fourth-order valence-corrected chi connectivity index (χ4v) is 4.91. The maximum absolute atomic E-state index is 12.9. The summed E-state index contributed by atoms with van der Waals surface area (Å²) in [5, 5.41) is 6.79. The SMILES string of the molecule is Cc1ccc(NS(=O)(=O)c2ccc(OCC(=O)Nc3ccc(Cc4noc(C(C)C)n4)cc3)c(C)c2)cc1C. The maximum Gasteiger partial charge on any atom is 0.262 e. The number of hydrogen-bond donors (Lipinski definition) is 2. The highest BCUT2D eigenvalue weighted by Crippen LogP contribution is 2.24. The van der Waals surface area contributed by atoms with Crippen LogP contribution in [0.15, 0.2) is 70.1 Å². The lowest BCUT2D eigenvalue weighted by Crippen LogP contribution is -2.20. The van der Waals surface area contributed by atoms with Gasteiger partial charge in [0.25, 0.3) is 15.9 Å². The molecule has 1 amide bonds. The number of hydrogen-bond acceptors (Lipinski definition) is 7. The first-order valence-corrected chi connectivity index (χ1v) is 14.0. The zero-order valence-electron chi connectivity index (χ0n) is 22.6. The van der Waals surface area contributed by atoms with Gasteiger partial charge in [0.1, 0.15) is 5.75 Å². The number of carbonyl (C=O) groups excluding carboxylic acids is 1. The van der Waals surface area contributed by atoms with E-state index in [1.54, 1.807) is 37.3 Å². The van der Waals surface area contributed by atoms with Crippen LogP contribution in [0.3, 0.4) is 0 Å². The first-order chi connectivity index (χ1) is 18.5. The first kappa shape index (κ1) is 27.8. The van der Waals surface area contributed by atoms with Gasteiger partial charge in [-0.2, -0.15) is 4.98 Å². The minimum absolute atomic E-state index is 0.108. The highest BCUT2D eigenvalue weighted by molar-refractivity contribution is 7.92. The molecule has 9 nitrogen and oxygen atoms in total. The maximum atomic E-state index is 12.9. The van der Waals surface area contributed by atoms with Crippen molar-refractivity contribution in [2.24, 2.45) is 0 Å². The van der Waals surface area contributed by atoms with Gasteiger partial charge in [0.05, 0.1) is 4.90 Å². The van der Waals surface area contributed by atoms with Gasteiger partial charge >= 0.3 is 0 Å². The molecule has 0 aliphatic carbocycles. The summed E-state index contributed by atoms with van der Waals surface area (Å²) in [7, 11) is -3.78. The smallest absolute Gasteiger partial charge is 0.262 e. The van der Waals surface area contributed by atoms with Gasteiger partial charge in [-0.1, -0.05) is 37.2 Å². The van der Waals surface area contributed by atoms with E-state index < -0.39 is 10.0 Å². The molecular weight excluding hydrogens is 516 g/mol. The Hall–Kier alpha value is -4.18. The second-order valence-corrected chi connectivity index (χ2v) is 11.4. The van der Waals surface area contributed by atoms with Gasteiger partial charge in [-0.05, 0) is 85.5 Å². The standard InChI is InChI=1S/C29H32N4O5S/c1-18(2)29-31-27(32-38-29)16-22-7-10-23(11-8-22)30-28(34)17-37-26-13-12-25(15-21(26)5)39(35,36)33-24-9-6-19(3)20(4)14-24/h6-15,18,33H,16-17H2,1-5H3,(H,30,34). The van der Waals surface area contributed by atoms with Crippen molar-refractivity contribution in [2.45, 2.75) is 51.9 Å². The number of anilines is 2. The van der Waals surface area contributed by atoms with E-state index in [2.05, 4.69) is 20.2 Å². The Bertz CT molecular complexity index is 1580. The summed E-state index contributed by atoms with van der Waals surface area (Å²) in [4.78, 5) is 16.9. The summed E-state index contributed by atoms with van der Waals surface area (Å²) in [6.07, 6.45) is 0.527. The second-order valence-electron chi connectivity index (χ2n) is 9.75. The van der Waals surface area contributed by atoms with Crippen LogP contribution in [0, 0.1) is 20.8 Å². The van der Waals surface area contributed by atoms with Crippen LogP contribution < -0.4 is 14.8 Å². The number of amides is 1. The molecule has 0 bridgehead atoms. The molecule has 0 fully saturated rings. The highest BCUT2D eigenvalue weighted by Gasteiger charge is 2.17. The molecule has 39 heavy (non-hydrogen) atoms. The van der Waals surface area contributed by atoms with E-state index in [4.69, 9.17) is 9.26 Å². The molecule has 1 aromatic heterocycles. The zero-order valence-corrected chi connectivity index (χ0v) is 23.4. The average Bonchev–Trinajstić information content (AvgIpc) is 3.35. The van der Waals surface area contributed by atoms with Crippen LogP contribution in [0.5, 0.6) is 5.75 Å². The molecule has 10 heteroatoms. The third kappa shape index (κ3) is 7.23. The Morgan fingerprint density at radius 2 is 1.64 bits per heavy atom. The lowest BCUT2D eigenvalue weighted by molar-refractivity contribution is -0.118. The van der Waals surface area contributed by atoms with E-state index >= 15 is 0 Å². The molecule has 1 heterocycles. The fraction of sp³-hybridized carbons (Fsp3) is 0.276. The predicted molar refractivity (Wildman–Crippen MR) is 150 cm³/mol. The quantitative estimate of drug-likeness (QED) is 0.267. The van der Waals surface area contributed by atoms with Gasteiger partial charge in [0, 0.05) is 23.7 Å². The van der Waals surface area contributed by atoms with Crippen molar-refractivity contribution in [3.05, 3.63) is 94.6 Å². The first-order valence-electron chi connectivity index (χ1n) is 12.5. The number of carbonyl (C=O) groups is 1. The van der Waals surface area contributed by atoms with Crippen LogP contribution in [-0.2, 0) is 21.2 Å². The van der Waals surface area contributed by atoms with Gasteiger partial charge in [-0.15, -0.1) is 0 Å². The van der Waals surface area contributed by atoms with Crippen LogP contribution >= 0.6 is 0 Å². The fourth-order valence-electron chi connectivity index (χ4n) is 3.77. The molecule has 0 spiro atoms. The van der Waals surface area contributed by atoms with Crippen molar-refractivity contribution in [2.75, 3.05) is 16.6 Å². The number of sulfonamides is 1. The molecule has 4 rings (SSSR count). The molecule has 0 saturated heterocycles. The number of aryl methyl sites for hydroxylation is 3. The van der Waals surface area contributed by atoms with Crippen LogP contribution in [0.4, 0.5) is 11.4 Å². The van der Waals surface area contributed by atoms with E-state index in [0.29, 0.717) is 40.8 Å². The summed E-state index contributed by atoms with van der Waals surface area (Å²) in [6.45, 7) is 9.38. The summed E-state index contributed by atoms with van der Waals surface area (Å²) in [6, 6.07) is 17.3. The number of ether oxygens (including phenoxy) is 1. The molecule has 0 unspecified atom stereocenters. The topological polar surface area (TPSA) is 123 Å². The van der Waals surface area contributed by atoms with E-state index in [9.17, 15) is 13.2 Å². The summed E-state index contributed by atoms with van der Waals surface area (Å²) < 4.78 is 39.2. The molecule has 0 saturated carbocycles. The van der Waals surface area contributed by atoms with Gasteiger partial charge in [-0.3, -0.25) is 9.52 Å². The molecule has 2 N–H and O–H groups in total. The van der Waals surface area contributed by atoms with Crippen molar-refractivity contribution < 1.29 is 22.5 Å². The Morgan fingerprint density at radius 1 is 0.923 bits per heavy atom. The van der Waals surface area contributed by atoms with Crippen LogP contribution in [0.1, 0.15) is 53.7 Å². The lowest BCUT2D eigenvalue weighted by atomic mass is 10.1. The highest BCUT2D eigenvalue weighted by atomic mass is 32.2. The van der Waals surface area contributed by atoms with Crippen LogP contribution in [0.25, 0.3) is 0 Å². The minimum atomic E-state index is -3.78. The Labute approximate surface area is 228 Å². The third-order valence-corrected chi connectivity index (χ3v) is 7.53. The molecular formula is C29H32N4O5S. The number of nitrogens with one attached hydrogen (secondary N) is 2. The second kappa shape index (κ2) is 11.7. The van der Waals surface area contributed by atoms with Crippen molar-refractivity contribution in [1.82, 2.24) is 10.1 Å². The molecule has 3 aromatic carbocycles. The van der Waals surface area contributed by atoms with Gasteiger partial charge in [0.15, 0.2) is 12.4 Å². The largest absolute Gasteiger partial charge is 0.483 e. The molecule has 0 aliphatic rings. The molecule has 0 atom stereocenters. The summed E-state index contributed by atoms with van der Waals surface area (Å²) in [5.74, 6) is 1.47. The van der Waals surface area contributed by atoms with E-state index in [-0.39, 0.29) is 23.3 Å². The van der Waals surface area contributed by atoms with E-state index in [1.807, 2.05) is 45.9 Å². The number of rotatable bonds is 10. The van der Waals surface area contributed by atoms with Gasteiger partial charge in [0.2, 0.25) is 5.89 Å². The number of benzene rings is 3. The van der Waals surface area contributed by atoms with Gasteiger partial charge in [-0.25, -0.2) is 8.42 Å². The zero-order chi connectivity index (χ0) is 28.2. The van der Waals surface area contributed by atoms with Crippen LogP contribution in [-0.4, -0.2) is 31.1 Å². The molecule has 4 aromatic rings. The average molecular weight is 549 g/mol. The number of aromatic nitrogens is 2. The molecule has 0 radical (unpaired) electrons. The summed E-state index contributed by atoms with van der Waals surface area (Å²) in [5.41, 5.74) is 4.77. The Morgan fingerprint density at radius 3 is 2.28 bits per heavy atom. The van der Waals surface area contributed by atoms with Crippen molar-refractivity contribution >= 4 is 27.3 Å². The monoisotopic (exact) mass is 548 g/mol. The minimum Gasteiger partial charge on any atom is -0.483 e. The van der Waals surface area contributed by atoms with Crippen molar-refractivity contribution in [1.29, 1.82) is 0 Å².